The van der Waals surface area contributed by atoms with Gasteiger partial charge in [0.2, 0.25) is 5.11 Å². The van der Waals surface area contributed by atoms with Crippen LogP contribution in [-0.4, -0.2) is 40.2 Å². The number of piperidine rings is 2. The maximum absolute atomic E-state index is 6.18. The van der Waals surface area contributed by atoms with Crippen molar-refractivity contribution in [3.05, 3.63) is 60.3 Å². The fourth-order valence-electron chi connectivity index (χ4n) is 5.45. The SMILES string of the molecule is CCC(C)ON(C(=S)Nc1ccc2[nH]cc(C3CCN4CCCCC4C3)c2c1)c1ccccc1. The molecule has 0 spiro atoms. The van der Waals surface area contributed by atoms with E-state index in [0.29, 0.717) is 11.0 Å². The van der Waals surface area contributed by atoms with Gasteiger partial charge in [0, 0.05) is 28.8 Å². The molecule has 2 fully saturated rings. The molecule has 2 aromatic carbocycles. The number of rotatable bonds is 6. The number of H-pyrrole nitrogens is 1. The molecule has 5 nitrogen and oxygen atoms in total. The third-order valence-electron chi connectivity index (χ3n) is 7.51. The Morgan fingerprint density at radius 1 is 1.18 bits per heavy atom. The Bertz CT molecular complexity index is 1110. The molecule has 3 heterocycles. The molecule has 2 aliphatic heterocycles. The lowest BCUT2D eigenvalue weighted by atomic mass is 9.82. The van der Waals surface area contributed by atoms with Crippen molar-refractivity contribution in [3.8, 4) is 0 Å². The molecule has 2 N–H and O–H groups in total. The number of nitrogens with zero attached hydrogens (tertiary/aromatic N) is 2. The topological polar surface area (TPSA) is 43.5 Å². The number of benzene rings is 2. The minimum Gasteiger partial charge on any atom is -0.361 e. The fraction of sp³-hybridized carbons (Fsp3) is 0.464. The zero-order valence-corrected chi connectivity index (χ0v) is 21.1. The first-order chi connectivity index (χ1) is 16.6. The highest BCUT2D eigenvalue weighted by Gasteiger charge is 2.31. The van der Waals surface area contributed by atoms with Crippen LogP contribution >= 0.6 is 12.2 Å². The standard InChI is InChI=1S/C28H36N4OS/c1-3-20(2)33-32(23-9-5-4-6-10-23)28(34)30-22-12-13-27-25(18-22)26(19-29-27)21-14-16-31-15-8-7-11-24(31)17-21/h4-6,9-10,12-13,18-21,24,29H,3,7-8,11,14-17H2,1-2H3,(H,30,34). The fourth-order valence-corrected chi connectivity index (χ4v) is 5.71. The Balaban J connectivity index is 1.36. The largest absolute Gasteiger partial charge is 0.361 e. The lowest BCUT2D eigenvalue weighted by molar-refractivity contribution is 0.0709. The smallest absolute Gasteiger partial charge is 0.202 e. The summed E-state index contributed by atoms with van der Waals surface area (Å²) in [6.07, 6.45) is 9.81. The second kappa shape index (κ2) is 10.5. The summed E-state index contributed by atoms with van der Waals surface area (Å²) in [6, 6.07) is 17.3. The molecule has 180 valence electrons. The first kappa shape index (κ1) is 23.3. The Labute approximate surface area is 208 Å². The number of hydrogen-bond acceptors (Lipinski definition) is 3. The predicted molar refractivity (Wildman–Crippen MR) is 145 cm³/mol. The van der Waals surface area contributed by atoms with Crippen LogP contribution in [0.2, 0.25) is 0 Å². The molecule has 3 aromatic rings. The molecule has 0 amide bonds. The van der Waals surface area contributed by atoms with E-state index in [0.717, 1.165) is 23.8 Å². The van der Waals surface area contributed by atoms with Gasteiger partial charge in [-0.3, -0.25) is 4.84 Å². The number of aromatic amines is 1. The van der Waals surface area contributed by atoms with Gasteiger partial charge in [0.15, 0.2) is 0 Å². The van der Waals surface area contributed by atoms with E-state index in [1.54, 1.807) is 5.06 Å². The maximum atomic E-state index is 6.18. The molecule has 0 aliphatic carbocycles. The summed E-state index contributed by atoms with van der Waals surface area (Å²) in [7, 11) is 0. The van der Waals surface area contributed by atoms with Crippen LogP contribution < -0.4 is 10.4 Å². The molecule has 5 rings (SSSR count). The Morgan fingerprint density at radius 3 is 2.85 bits per heavy atom. The van der Waals surface area contributed by atoms with Crippen molar-refractivity contribution < 1.29 is 4.84 Å². The second-order valence-electron chi connectivity index (χ2n) is 9.80. The van der Waals surface area contributed by atoms with Gasteiger partial charge in [-0.15, -0.1) is 0 Å². The lowest BCUT2D eigenvalue weighted by Crippen LogP contribution is -2.44. The lowest BCUT2D eigenvalue weighted by Gasteiger charge is -2.42. The Hall–Kier alpha value is -2.41. The van der Waals surface area contributed by atoms with Crippen LogP contribution in [0.5, 0.6) is 0 Å². The van der Waals surface area contributed by atoms with E-state index in [1.165, 1.54) is 61.7 Å². The van der Waals surface area contributed by atoms with E-state index in [-0.39, 0.29) is 6.10 Å². The molecular weight excluding hydrogens is 440 g/mol. The molecule has 0 radical (unpaired) electrons. The average Bonchev–Trinajstić information content (AvgIpc) is 3.30. The Morgan fingerprint density at radius 2 is 2.03 bits per heavy atom. The summed E-state index contributed by atoms with van der Waals surface area (Å²) in [4.78, 5) is 12.4. The first-order valence-electron chi connectivity index (χ1n) is 12.8. The normalized spacial score (nSPS) is 21.7. The van der Waals surface area contributed by atoms with Crippen LogP contribution in [0.15, 0.2) is 54.7 Å². The minimum atomic E-state index is 0.0596. The highest BCUT2D eigenvalue weighted by molar-refractivity contribution is 7.80. The molecule has 34 heavy (non-hydrogen) atoms. The van der Waals surface area contributed by atoms with E-state index >= 15 is 0 Å². The van der Waals surface area contributed by atoms with Gasteiger partial charge < -0.3 is 15.2 Å². The van der Waals surface area contributed by atoms with Gasteiger partial charge in [-0.05, 0) is 106 Å². The van der Waals surface area contributed by atoms with Crippen molar-refractivity contribution in [1.82, 2.24) is 9.88 Å². The number of hydrogen-bond donors (Lipinski definition) is 2. The van der Waals surface area contributed by atoms with Gasteiger partial charge in [-0.25, -0.2) is 0 Å². The minimum absolute atomic E-state index is 0.0596. The number of aromatic nitrogens is 1. The number of fused-ring (bicyclic) bond motifs is 2. The number of hydroxylamine groups is 1. The quantitative estimate of drug-likeness (QED) is 0.301. The van der Waals surface area contributed by atoms with E-state index in [2.05, 4.69) is 53.4 Å². The monoisotopic (exact) mass is 476 g/mol. The second-order valence-corrected chi connectivity index (χ2v) is 10.2. The third kappa shape index (κ3) is 4.99. The van der Waals surface area contributed by atoms with E-state index in [1.807, 2.05) is 30.3 Å². The van der Waals surface area contributed by atoms with Gasteiger partial charge in [0.05, 0.1) is 11.8 Å². The average molecular weight is 477 g/mol. The van der Waals surface area contributed by atoms with Crippen molar-refractivity contribution in [3.63, 3.8) is 0 Å². The summed E-state index contributed by atoms with van der Waals surface area (Å²) < 4.78 is 0. The summed E-state index contributed by atoms with van der Waals surface area (Å²) in [5, 5.41) is 7.02. The predicted octanol–water partition coefficient (Wildman–Crippen LogP) is 6.83. The third-order valence-corrected chi connectivity index (χ3v) is 7.78. The zero-order chi connectivity index (χ0) is 23.5. The summed E-state index contributed by atoms with van der Waals surface area (Å²) >= 11 is 5.81. The number of nitrogens with one attached hydrogen (secondary N) is 2. The van der Waals surface area contributed by atoms with Crippen molar-refractivity contribution >= 4 is 39.6 Å². The van der Waals surface area contributed by atoms with Crippen LogP contribution in [0, 0.1) is 0 Å². The van der Waals surface area contributed by atoms with Gasteiger partial charge in [0.25, 0.3) is 0 Å². The highest BCUT2D eigenvalue weighted by atomic mass is 32.1. The van der Waals surface area contributed by atoms with E-state index < -0.39 is 0 Å². The van der Waals surface area contributed by atoms with Crippen LogP contribution in [0.3, 0.4) is 0 Å². The van der Waals surface area contributed by atoms with Crippen molar-refractivity contribution in [2.24, 2.45) is 0 Å². The van der Waals surface area contributed by atoms with Gasteiger partial charge in [-0.2, -0.15) is 5.06 Å². The molecule has 6 heteroatoms. The van der Waals surface area contributed by atoms with Gasteiger partial charge in [-0.1, -0.05) is 31.5 Å². The van der Waals surface area contributed by atoms with Gasteiger partial charge >= 0.3 is 0 Å². The van der Waals surface area contributed by atoms with Crippen LogP contribution in [-0.2, 0) is 4.84 Å². The summed E-state index contributed by atoms with van der Waals surface area (Å²) in [5.74, 6) is 0.616. The van der Waals surface area contributed by atoms with Crippen molar-refractivity contribution in [2.45, 2.75) is 70.4 Å². The molecule has 2 saturated heterocycles. The van der Waals surface area contributed by atoms with Crippen LogP contribution in [0.25, 0.3) is 10.9 Å². The molecule has 0 saturated carbocycles. The van der Waals surface area contributed by atoms with E-state index in [9.17, 15) is 0 Å². The molecule has 2 aliphatic rings. The Kier molecular flexibility index (Phi) is 7.18. The number of thiocarbonyl (C=S) groups is 1. The molecule has 0 bridgehead atoms. The van der Waals surface area contributed by atoms with E-state index in [4.69, 9.17) is 17.1 Å². The highest BCUT2D eigenvalue weighted by Crippen LogP contribution is 2.39. The van der Waals surface area contributed by atoms with Crippen LogP contribution in [0.4, 0.5) is 11.4 Å². The maximum Gasteiger partial charge on any atom is 0.202 e. The molecule has 3 atom stereocenters. The molecule has 1 aromatic heterocycles. The molecule has 3 unspecified atom stereocenters. The van der Waals surface area contributed by atoms with Crippen molar-refractivity contribution in [1.29, 1.82) is 0 Å². The number of anilines is 2. The number of para-hydroxylation sites is 1. The van der Waals surface area contributed by atoms with Crippen molar-refractivity contribution in [2.75, 3.05) is 23.5 Å². The molecular formula is C28H36N4OS. The summed E-state index contributed by atoms with van der Waals surface area (Å²) in [6.45, 7) is 6.69. The zero-order valence-electron chi connectivity index (χ0n) is 20.3. The van der Waals surface area contributed by atoms with Crippen LogP contribution in [0.1, 0.15) is 63.9 Å². The first-order valence-corrected chi connectivity index (χ1v) is 13.2. The summed E-state index contributed by atoms with van der Waals surface area (Å²) in [5.41, 5.74) is 4.55. The van der Waals surface area contributed by atoms with Gasteiger partial charge in [0.1, 0.15) is 0 Å².